The second-order valence-corrected chi connectivity index (χ2v) is 7.53. The van der Waals surface area contributed by atoms with E-state index in [-0.39, 0.29) is 11.8 Å². The third-order valence-corrected chi connectivity index (χ3v) is 5.73. The number of nitrogens with zero attached hydrogens (tertiary/aromatic N) is 3. The molecule has 27 heavy (non-hydrogen) atoms. The maximum absolute atomic E-state index is 12.4. The van der Waals surface area contributed by atoms with Crippen LogP contribution < -0.4 is 15.1 Å². The van der Waals surface area contributed by atoms with E-state index in [2.05, 4.69) is 38.3 Å². The van der Waals surface area contributed by atoms with Crippen molar-refractivity contribution in [3.05, 3.63) is 48.7 Å². The lowest BCUT2D eigenvalue weighted by atomic mass is 9.88. The first kappa shape index (κ1) is 17.8. The van der Waals surface area contributed by atoms with Gasteiger partial charge in [-0.1, -0.05) is 25.3 Å². The van der Waals surface area contributed by atoms with Gasteiger partial charge in [-0.05, 0) is 49.2 Å². The molecule has 1 aromatic heterocycles. The number of hydrogen-bond acceptors (Lipinski definition) is 4. The van der Waals surface area contributed by atoms with Gasteiger partial charge in [-0.3, -0.25) is 4.79 Å². The van der Waals surface area contributed by atoms with Gasteiger partial charge < -0.3 is 15.1 Å². The fourth-order valence-corrected chi connectivity index (χ4v) is 4.10. The summed E-state index contributed by atoms with van der Waals surface area (Å²) in [5.74, 6) is 1.43. The van der Waals surface area contributed by atoms with Crippen LogP contribution in [0.5, 0.6) is 0 Å². The molecule has 1 saturated carbocycles. The van der Waals surface area contributed by atoms with Crippen molar-refractivity contribution in [1.82, 2.24) is 4.98 Å². The van der Waals surface area contributed by atoms with Crippen molar-refractivity contribution in [2.24, 2.45) is 5.92 Å². The van der Waals surface area contributed by atoms with E-state index in [0.29, 0.717) is 0 Å². The van der Waals surface area contributed by atoms with Gasteiger partial charge in [0.2, 0.25) is 5.91 Å². The van der Waals surface area contributed by atoms with Gasteiger partial charge in [0.1, 0.15) is 5.82 Å². The number of carbonyl (C=O) groups excluding carboxylic acids is 1. The molecule has 1 amide bonds. The standard InChI is InChI=1S/C22H28N4O/c27-22(18-6-2-1-3-7-18)24-19-9-11-20(12-10-19)25-14-16-26(17-15-25)21-8-4-5-13-23-21/h4-5,8-13,18H,1-3,6-7,14-17H2,(H,24,27). The molecule has 1 N–H and O–H groups in total. The van der Waals surface area contributed by atoms with Gasteiger partial charge in [0, 0.05) is 49.7 Å². The van der Waals surface area contributed by atoms with Crippen LogP contribution in [0.25, 0.3) is 0 Å². The average molecular weight is 364 g/mol. The van der Waals surface area contributed by atoms with E-state index >= 15 is 0 Å². The lowest BCUT2D eigenvalue weighted by Crippen LogP contribution is -2.46. The summed E-state index contributed by atoms with van der Waals surface area (Å²) in [6.07, 6.45) is 7.55. The Hall–Kier alpha value is -2.56. The maximum Gasteiger partial charge on any atom is 0.227 e. The van der Waals surface area contributed by atoms with E-state index in [1.807, 2.05) is 30.5 Å². The molecule has 0 unspecified atom stereocenters. The number of piperazine rings is 1. The molecule has 1 aromatic carbocycles. The number of carbonyl (C=O) groups is 1. The molecule has 142 valence electrons. The molecule has 4 rings (SSSR count). The van der Waals surface area contributed by atoms with Gasteiger partial charge in [-0.15, -0.1) is 0 Å². The van der Waals surface area contributed by atoms with Crippen molar-refractivity contribution in [1.29, 1.82) is 0 Å². The minimum atomic E-state index is 0.187. The van der Waals surface area contributed by atoms with E-state index in [1.54, 1.807) is 0 Å². The summed E-state index contributed by atoms with van der Waals surface area (Å²) in [4.78, 5) is 21.6. The molecule has 2 aromatic rings. The summed E-state index contributed by atoms with van der Waals surface area (Å²) in [6, 6.07) is 14.4. The minimum Gasteiger partial charge on any atom is -0.368 e. The van der Waals surface area contributed by atoms with E-state index in [4.69, 9.17) is 0 Å². The zero-order valence-corrected chi connectivity index (χ0v) is 15.8. The largest absolute Gasteiger partial charge is 0.368 e. The highest BCUT2D eigenvalue weighted by atomic mass is 16.1. The number of aromatic nitrogens is 1. The van der Waals surface area contributed by atoms with Gasteiger partial charge in [-0.25, -0.2) is 4.98 Å². The molecule has 0 radical (unpaired) electrons. The number of amides is 1. The topological polar surface area (TPSA) is 48.5 Å². The highest BCUT2D eigenvalue weighted by Crippen LogP contribution is 2.26. The van der Waals surface area contributed by atoms with Gasteiger partial charge in [-0.2, -0.15) is 0 Å². The van der Waals surface area contributed by atoms with Crippen molar-refractivity contribution >= 4 is 23.1 Å². The van der Waals surface area contributed by atoms with Crippen molar-refractivity contribution in [3.63, 3.8) is 0 Å². The molecule has 1 aliphatic carbocycles. The Morgan fingerprint density at radius 3 is 2.26 bits per heavy atom. The van der Waals surface area contributed by atoms with Crippen LogP contribution >= 0.6 is 0 Å². The predicted molar refractivity (Wildman–Crippen MR) is 110 cm³/mol. The van der Waals surface area contributed by atoms with E-state index < -0.39 is 0 Å². The number of nitrogens with one attached hydrogen (secondary N) is 1. The number of hydrogen-bond donors (Lipinski definition) is 1. The van der Waals surface area contributed by atoms with Crippen LogP contribution in [0.3, 0.4) is 0 Å². The zero-order chi connectivity index (χ0) is 18.5. The normalized spacial score (nSPS) is 18.4. The Kier molecular flexibility index (Phi) is 5.56. The first-order valence-electron chi connectivity index (χ1n) is 10.1. The molecule has 1 saturated heterocycles. The van der Waals surface area contributed by atoms with Gasteiger partial charge in [0.05, 0.1) is 0 Å². The molecular formula is C22H28N4O. The van der Waals surface area contributed by atoms with E-state index in [0.717, 1.165) is 50.5 Å². The smallest absolute Gasteiger partial charge is 0.227 e. The minimum absolute atomic E-state index is 0.187. The highest BCUT2D eigenvalue weighted by molar-refractivity contribution is 5.92. The van der Waals surface area contributed by atoms with Crippen LogP contribution in [0.2, 0.25) is 0 Å². The summed E-state index contributed by atoms with van der Waals surface area (Å²) >= 11 is 0. The lowest BCUT2D eigenvalue weighted by Gasteiger charge is -2.36. The van der Waals surface area contributed by atoms with Crippen LogP contribution in [0.15, 0.2) is 48.7 Å². The lowest BCUT2D eigenvalue weighted by molar-refractivity contribution is -0.120. The summed E-state index contributed by atoms with van der Waals surface area (Å²) in [5.41, 5.74) is 2.12. The first-order valence-corrected chi connectivity index (χ1v) is 10.1. The summed E-state index contributed by atoms with van der Waals surface area (Å²) in [6.45, 7) is 3.89. The molecule has 5 nitrogen and oxygen atoms in total. The van der Waals surface area contributed by atoms with Crippen molar-refractivity contribution in [2.45, 2.75) is 32.1 Å². The number of anilines is 3. The average Bonchev–Trinajstić information content (AvgIpc) is 2.76. The van der Waals surface area contributed by atoms with Crippen LogP contribution in [-0.2, 0) is 4.79 Å². The van der Waals surface area contributed by atoms with Gasteiger partial charge in [0.15, 0.2) is 0 Å². The Morgan fingerprint density at radius 2 is 1.59 bits per heavy atom. The molecule has 5 heteroatoms. The van der Waals surface area contributed by atoms with E-state index in [9.17, 15) is 4.79 Å². The van der Waals surface area contributed by atoms with Crippen LogP contribution in [0, 0.1) is 5.92 Å². The summed E-state index contributed by atoms with van der Waals surface area (Å²) in [5, 5.41) is 3.10. The Morgan fingerprint density at radius 1 is 0.889 bits per heavy atom. The third-order valence-electron chi connectivity index (χ3n) is 5.73. The predicted octanol–water partition coefficient (Wildman–Crippen LogP) is 3.93. The Balaban J connectivity index is 1.31. The van der Waals surface area contributed by atoms with Crippen molar-refractivity contribution in [2.75, 3.05) is 41.3 Å². The number of pyridine rings is 1. The fraction of sp³-hybridized carbons (Fsp3) is 0.455. The second-order valence-electron chi connectivity index (χ2n) is 7.53. The molecule has 0 bridgehead atoms. The molecule has 0 atom stereocenters. The SMILES string of the molecule is O=C(Nc1ccc(N2CCN(c3ccccn3)CC2)cc1)C1CCCCC1. The number of rotatable bonds is 4. The Labute approximate surface area is 161 Å². The van der Waals surface area contributed by atoms with Crippen molar-refractivity contribution < 1.29 is 4.79 Å². The fourth-order valence-electron chi connectivity index (χ4n) is 4.10. The summed E-state index contributed by atoms with van der Waals surface area (Å²) < 4.78 is 0. The zero-order valence-electron chi connectivity index (χ0n) is 15.8. The van der Waals surface area contributed by atoms with Gasteiger partial charge in [0.25, 0.3) is 0 Å². The second kappa shape index (κ2) is 8.42. The maximum atomic E-state index is 12.4. The quantitative estimate of drug-likeness (QED) is 0.893. The number of benzene rings is 1. The van der Waals surface area contributed by atoms with Crippen LogP contribution in [0.1, 0.15) is 32.1 Å². The first-order chi connectivity index (χ1) is 13.3. The summed E-state index contributed by atoms with van der Waals surface area (Å²) in [7, 11) is 0. The van der Waals surface area contributed by atoms with Crippen molar-refractivity contribution in [3.8, 4) is 0 Å². The van der Waals surface area contributed by atoms with Crippen LogP contribution in [0.4, 0.5) is 17.2 Å². The molecular weight excluding hydrogens is 336 g/mol. The van der Waals surface area contributed by atoms with E-state index in [1.165, 1.54) is 24.9 Å². The molecule has 2 fully saturated rings. The Bertz CT molecular complexity index is 733. The molecule has 1 aliphatic heterocycles. The monoisotopic (exact) mass is 364 g/mol. The third kappa shape index (κ3) is 4.41. The van der Waals surface area contributed by atoms with Crippen LogP contribution in [-0.4, -0.2) is 37.1 Å². The molecule has 0 spiro atoms. The molecule has 2 aliphatic rings. The van der Waals surface area contributed by atoms with Gasteiger partial charge >= 0.3 is 0 Å². The molecule has 2 heterocycles. The highest BCUT2D eigenvalue weighted by Gasteiger charge is 2.21.